The quantitative estimate of drug-likeness (QED) is 0.153. The van der Waals surface area contributed by atoms with E-state index in [1.54, 1.807) is 12.1 Å². The topological polar surface area (TPSA) is 34.2 Å². The second-order valence-corrected chi connectivity index (χ2v) is 16.2. The molecule has 0 aromatic heterocycles. The molecular weight excluding hydrogens is 685 g/mol. The molecule has 0 N–H and O–H groups in total. The second kappa shape index (κ2) is 17.2. The molecule has 9 heteroatoms. The van der Waals surface area contributed by atoms with Gasteiger partial charge >= 0.3 is 6.36 Å². The van der Waals surface area contributed by atoms with E-state index in [9.17, 15) is 13.2 Å². The summed E-state index contributed by atoms with van der Waals surface area (Å²) in [7, 11) is 0. The molecule has 6 rings (SSSR count). The minimum absolute atomic E-state index is 0.00739. The standard InChI is InChI=1S/C22H26F3NO2.C21H26ClNO/c1-21(2,3)27-15-16-13-26(14-16)20(17-7-5-4-6-8-17)18-9-11-19(12-10-18)28-22(23,24)25;1-21(2,3)24-15-16-13-23(14-16)20(17-8-5-4-6-9-17)18-10-7-11-19(22)12-18/h4-12,16,20H,13-15H2,1-3H3;4-12,16,20H,13-15H2,1-3H3. The number of hydrogen-bond donors (Lipinski definition) is 0. The summed E-state index contributed by atoms with van der Waals surface area (Å²) >= 11 is 6.23. The van der Waals surface area contributed by atoms with Crippen molar-refractivity contribution in [3.63, 3.8) is 0 Å². The summed E-state index contributed by atoms with van der Waals surface area (Å²) in [5.41, 5.74) is 4.40. The minimum atomic E-state index is -4.68. The van der Waals surface area contributed by atoms with Crippen molar-refractivity contribution in [2.75, 3.05) is 39.4 Å². The first-order valence-corrected chi connectivity index (χ1v) is 18.4. The molecule has 52 heavy (non-hydrogen) atoms. The number of nitrogens with zero attached hydrogens (tertiary/aromatic N) is 2. The van der Waals surface area contributed by atoms with Gasteiger partial charge in [0.05, 0.1) is 36.5 Å². The van der Waals surface area contributed by atoms with Gasteiger partial charge in [0.1, 0.15) is 5.75 Å². The predicted octanol–water partition coefficient (Wildman–Crippen LogP) is 10.6. The average molecular weight is 737 g/mol. The van der Waals surface area contributed by atoms with Gasteiger partial charge in [-0.25, -0.2) is 0 Å². The van der Waals surface area contributed by atoms with Crippen LogP contribution < -0.4 is 4.74 Å². The number of alkyl halides is 3. The summed E-state index contributed by atoms with van der Waals surface area (Å²) in [5.74, 6) is 0.857. The van der Waals surface area contributed by atoms with E-state index >= 15 is 0 Å². The molecule has 0 bridgehead atoms. The number of halogens is 4. The minimum Gasteiger partial charge on any atom is -0.406 e. The first-order valence-electron chi connectivity index (χ1n) is 18.0. The van der Waals surface area contributed by atoms with Crippen molar-refractivity contribution in [3.8, 4) is 5.75 Å². The maximum absolute atomic E-state index is 12.4. The fourth-order valence-corrected chi connectivity index (χ4v) is 6.81. The van der Waals surface area contributed by atoms with Gasteiger partial charge in [-0.1, -0.05) is 96.5 Å². The Labute approximate surface area is 312 Å². The molecule has 2 aliphatic rings. The number of benzene rings is 4. The van der Waals surface area contributed by atoms with Crippen LogP contribution in [0.1, 0.15) is 75.9 Å². The van der Waals surface area contributed by atoms with Gasteiger partial charge in [0, 0.05) is 43.0 Å². The lowest BCUT2D eigenvalue weighted by Crippen LogP contribution is -2.51. The zero-order valence-electron chi connectivity index (χ0n) is 31.1. The summed E-state index contributed by atoms with van der Waals surface area (Å²) in [6.45, 7) is 17.9. The second-order valence-electron chi connectivity index (χ2n) is 15.8. The van der Waals surface area contributed by atoms with Crippen LogP contribution in [-0.4, -0.2) is 66.8 Å². The Bertz CT molecular complexity index is 1660. The highest BCUT2D eigenvalue weighted by Gasteiger charge is 2.36. The molecule has 4 aromatic rings. The third-order valence-electron chi connectivity index (χ3n) is 9.03. The molecule has 2 fully saturated rings. The van der Waals surface area contributed by atoms with E-state index < -0.39 is 6.36 Å². The average Bonchev–Trinajstić information content (AvgIpc) is 3.03. The van der Waals surface area contributed by atoms with Gasteiger partial charge in [-0.2, -0.15) is 0 Å². The Morgan fingerprint density at radius 3 is 1.38 bits per heavy atom. The maximum Gasteiger partial charge on any atom is 0.573 e. The van der Waals surface area contributed by atoms with Crippen LogP contribution in [0.3, 0.4) is 0 Å². The van der Waals surface area contributed by atoms with Crippen molar-refractivity contribution >= 4 is 11.6 Å². The first kappa shape index (κ1) is 39.8. The van der Waals surface area contributed by atoms with Crippen molar-refractivity contribution in [1.82, 2.24) is 9.80 Å². The summed E-state index contributed by atoms with van der Waals surface area (Å²) in [6, 6.07) is 35.3. The van der Waals surface area contributed by atoms with Crippen molar-refractivity contribution in [1.29, 1.82) is 0 Å². The first-order chi connectivity index (χ1) is 24.5. The Morgan fingerprint density at radius 2 is 0.981 bits per heavy atom. The molecular formula is C43H52ClF3N2O3. The Hall–Kier alpha value is -3.40. The Kier molecular flexibility index (Phi) is 13.1. The zero-order valence-corrected chi connectivity index (χ0v) is 31.8. The Morgan fingerprint density at radius 1 is 0.577 bits per heavy atom. The van der Waals surface area contributed by atoms with Gasteiger partial charge in [-0.05, 0) is 88.1 Å². The van der Waals surface area contributed by atoms with Crippen molar-refractivity contribution in [3.05, 3.63) is 136 Å². The van der Waals surface area contributed by atoms with E-state index in [0.717, 1.165) is 48.9 Å². The Balaban J connectivity index is 0.000000203. The SMILES string of the molecule is CC(C)(C)OCC1CN(C(c2ccccc2)c2ccc(OC(F)(F)F)cc2)C1.CC(C)(C)OCC1CN(C(c2ccccc2)c2cccc(Cl)c2)C1. The van der Waals surface area contributed by atoms with Crippen molar-refractivity contribution in [2.24, 2.45) is 11.8 Å². The lowest BCUT2D eigenvalue weighted by molar-refractivity contribution is -0.274. The van der Waals surface area contributed by atoms with E-state index in [4.69, 9.17) is 21.1 Å². The molecule has 0 saturated carbocycles. The van der Waals surface area contributed by atoms with Crippen LogP contribution in [0, 0.1) is 11.8 Å². The molecule has 2 aliphatic heterocycles. The van der Waals surface area contributed by atoms with Crippen molar-refractivity contribution in [2.45, 2.75) is 71.2 Å². The zero-order chi connectivity index (χ0) is 37.5. The fourth-order valence-electron chi connectivity index (χ4n) is 6.62. The molecule has 4 aromatic carbocycles. The molecule has 0 aliphatic carbocycles. The van der Waals surface area contributed by atoms with Gasteiger partial charge in [0.15, 0.2) is 0 Å². The molecule has 2 unspecified atom stereocenters. The lowest BCUT2D eigenvalue weighted by Gasteiger charge is -2.45. The van der Waals surface area contributed by atoms with Gasteiger partial charge in [0.25, 0.3) is 0 Å². The molecule has 5 nitrogen and oxygen atoms in total. The molecule has 2 heterocycles. The summed E-state index contributed by atoms with van der Waals surface area (Å²) in [4.78, 5) is 4.84. The van der Waals surface area contributed by atoms with Crippen LogP contribution in [0.5, 0.6) is 5.75 Å². The van der Waals surface area contributed by atoms with Gasteiger partial charge in [-0.15, -0.1) is 13.2 Å². The highest BCUT2D eigenvalue weighted by atomic mass is 35.5. The van der Waals surface area contributed by atoms with Gasteiger partial charge in [0.2, 0.25) is 0 Å². The molecule has 0 radical (unpaired) electrons. The van der Waals surface area contributed by atoms with Gasteiger partial charge < -0.3 is 14.2 Å². The highest BCUT2D eigenvalue weighted by Crippen LogP contribution is 2.37. The molecule has 0 amide bonds. The molecule has 0 spiro atoms. The molecule has 280 valence electrons. The number of likely N-dealkylation sites (tertiary alicyclic amines) is 2. The summed E-state index contributed by atoms with van der Waals surface area (Å²) in [6.07, 6.45) is -4.68. The third-order valence-corrected chi connectivity index (χ3v) is 9.26. The third kappa shape index (κ3) is 12.1. The van der Waals surface area contributed by atoms with E-state index in [1.165, 1.54) is 23.3 Å². The van der Waals surface area contributed by atoms with Crippen molar-refractivity contribution < 1.29 is 27.4 Å². The van der Waals surface area contributed by atoms with Crippen LogP contribution in [0.2, 0.25) is 5.02 Å². The number of ether oxygens (including phenoxy) is 3. The fraction of sp³-hybridized carbons (Fsp3) is 0.442. The smallest absolute Gasteiger partial charge is 0.406 e. The van der Waals surface area contributed by atoms with Crippen LogP contribution in [0.15, 0.2) is 109 Å². The lowest BCUT2D eigenvalue weighted by atomic mass is 9.90. The number of hydrogen-bond acceptors (Lipinski definition) is 5. The van der Waals surface area contributed by atoms with Crippen LogP contribution in [0.25, 0.3) is 0 Å². The monoisotopic (exact) mass is 736 g/mol. The normalized spacial score (nSPS) is 17.3. The number of rotatable bonds is 11. The summed E-state index contributed by atoms with van der Waals surface area (Å²) < 4.78 is 53.1. The highest BCUT2D eigenvalue weighted by molar-refractivity contribution is 6.30. The van der Waals surface area contributed by atoms with E-state index in [2.05, 4.69) is 77.8 Å². The van der Waals surface area contributed by atoms with Crippen LogP contribution >= 0.6 is 11.6 Å². The van der Waals surface area contributed by atoms with Gasteiger partial charge in [-0.3, -0.25) is 9.80 Å². The molecule has 2 saturated heterocycles. The summed E-state index contributed by atoms with van der Waals surface area (Å²) in [5, 5.41) is 0.793. The van der Waals surface area contributed by atoms with E-state index in [1.807, 2.05) is 63.2 Å². The largest absolute Gasteiger partial charge is 0.573 e. The molecule has 2 atom stereocenters. The van der Waals surface area contributed by atoms with Crippen LogP contribution in [0.4, 0.5) is 13.2 Å². The maximum atomic E-state index is 12.4. The van der Waals surface area contributed by atoms with Crippen LogP contribution in [-0.2, 0) is 9.47 Å². The predicted molar refractivity (Wildman–Crippen MR) is 203 cm³/mol. The van der Waals surface area contributed by atoms with E-state index in [0.29, 0.717) is 18.4 Å². The van der Waals surface area contributed by atoms with E-state index in [-0.39, 0.29) is 29.0 Å².